The van der Waals surface area contributed by atoms with Crippen LogP contribution < -0.4 is 5.32 Å². The predicted octanol–water partition coefficient (Wildman–Crippen LogP) is 5.35. The van der Waals surface area contributed by atoms with Crippen molar-refractivity contribution in [2.75, 3.05) is 6.54 Å². The van der Waals surface area contributed by atoms with Crippen LogP contribution in [-0.2, 0) is 0 Å². The number of urea groups is 1. The second-order valence-corrected chi connectivity index (χ2v) is 7.92. The van der Waals surface area contributed by atoms with Crippen molar-refractivity contribution in [2.24, 2.45) is 0 Å². The largest absolute Gasteiger partial charge is 0.334 e. The van der Waals surface area contributed by atoms with E-state index in [1.807, 2.05) is 44.2 Å². The Morgan fingerprint density at radius 1 is 1.13 bits per heavy atom. The van der Waals surface area contributed by atoms with Crippen LogP contribution in [0.2, 0.25) is 0 Å². The molecule has 6 heteroatoms. The summed E-state index contributed by atoms with van der Waals surface area (Å²) in [5.41, 5.74) is 6.89. The molecule has 1 aliphatic heterocycles. The van der Waals surface area contributed by atoms with Gasteiger partial charge in [0.05, 0.1) is 11.6 Å². The van der Waals surface area contributed by atoms with Crippen LogP contribution in [0.25, 0.3) is 17.0 Å². The molecule has 158 valence electrons. The lowest BCUT2D eigenvalue weighted by Crippen LogP contribution is -2.46. The Labute approximate surface area is 182 Å². The minimum atomic E-state index is -0.390. The van der Waals surface area contributed by atoms with Crippen LogP contribution >= 0.6 is 0 Å². The van der Waals surface area contributed by atoms with Gasteiger partial charge in [-0.25, -0.2) is 4.79 Å². The molecule has 1 unspecified atom stereocenters. The van der Waals surface area contributed by atoms with Gasteiger partial charge in [-0.2, -0.15) is 4.98 Å². The number of allylic oxidation sites excluding steroid dienone is 1. The molecule has 0 aliphatic carbocycles. The SMILES string of the molecule is C=CCN1C(=O)NC(c2ccc(C)c(C)c2)C(c2nc(-c3cccc(C)c3)no2)=C1C. The molecular formula is C25H26N4O2. The zero-order chi connectivity index (χ0) is 22.1. The zero-order valence-electron chi connectivity index (χ0n) is 18.3. The number of carbonyl (C=O) groups excluding carboxylic acids is 1. The summed E-state index contributed by atoms with van der Waals surface area (Å²) < 4.78 is 5.71. The lowest BCUT2D eigenvalue weighted by atomic mass is 9.92. The molecule has 4 rings (SSSR count). The summed E-state index contributed by atoms with van der Waals surface area (Å²) >= 11 is 0. The first-order valence-corrected chi connectivity index (χ1v) is 10.3. The number of carbonyl (C=O) groups is 1. The molecule has 0 bridgehead atoms. The van der Waals surface area contributed by atoms with E-state index in [1.54, 1.807) is 11.0 Å². The molecule has 6 nitrogen and oxygen atoms in total. The lowest BCUT2D eigenvalue weighted by Gasteiger charge is -2.34. The number of amides is 2. The van der Waals surface area contributed by atoms with Gasteiger partial charge < -0.3 is 9.84 Å². The summed E-state index contributed by atoms with van der Waals surface area (Å²) in [6, 6.07) is 13.6. The number of hydrogen-bond acceptors (Lipinski definition) is 4. The highest BCUT2D eigenvalue weighted by atomic mass is 16.5. The summed E-state index contributed by atoms with van der Waals surface area (Å²) in [5, 5.41) is 7.32. The molecule has 0 saturated carbocycles. The van der Waals surface area contributed by atoms with Crippen molar-refractivity contribution in [3.63, 3.8) is 0 Å². The van der Waals surface area contributed by atoms with E-state index in [4.69, 9.17) is 9.51 Å². The Balaban J connectivity index is 1.84. The van der Waals surface area contributed by atoms with Crippen LogP contribution in [0.4, 0.5) is 4.79 Å². The molecule has 1 atom stereocenters. The molecule has 3 aromatic rings. The van der Waals surface area contributed by atoms with Crippen LogP contribution in [0.15, 0.2) is 65.3 Å². The molecule has 2 aromatic carbocycles. The summed E-state index contributed by atoms with van der Waals surface area (Å²) in [4.78, 5) is 19.2. The van der Waals surface area contributed by atoms with Crippen molar-refractivity contribution in [3.8, 4) is 11.4 Å². The fraction of sp³-hybridized carbons (Fsp3) is 0.240. The standard InChI is InChI=1S/C25H26N4O2/c1-6-12-29-18(5)21(22(26-25(29)30)19-11-10-16(3)17(4)14-19)24-27-23(28-31-24)20-9-7-8-15(2)13-20/h6-11,13-14,22H,1,12H2,2-5H3,(H,26,30). The predicted molar refractivity (Wildman–Crippen MR) is 121 cm³/mol. The number of hydrogen-bond donors (Lipinski definition) is 1. The van der Waals surface area contributed by atoms with E-state index in [1.165, 1.54) is 5.56 Å². The minimum absolute atomic E-state index is 0.178. The highest BCUT2D eigenvalue weighted by molar-refractivity contribution is 5.87. The minimum Gasteiger partial charge on any atom is -0.334 e. The second-order valence-electron chi connectivity index (χ2n) is 7.92. The first-order valence-electron chi connectivity index (χ1n) is 10.3. The molecule has 31 heavy (non-hydrogen) atoms. The lowest BCUT2D eigenvalue weighted by molar-refractivity contribution is 0.209. The number of rotatable bonds is 5. The first-order chi connectivity index (χ1) is 14.9. The highest BCUT2D eigenvalue weighted by Crippen LogP contribution is 2.37. The average Bonchev–Trinajstić information content (AvgIpc) is 3.22. The highest BCUT2D eigenvalue weighted by Gasteiger charge is 2.35. The van der Waals surface area contributed by atoms with E-state index >= 15 is 0 Å². The van der Waals surface area contributed by atoms with Crippen LogP contribution in [0.5, 0.6) is 0 Å². The van der Waals surface area contributed by atoms with Crippen LogP contribution in [0.1, 0.15) is 41.1 Å². The van der Waals surface area contributed by atoms with Crippen LogP contribution in [0.3, 0.4) is 0 Å². The van der Waals surface area contributed by atoms with Gasteiger partial charge in [0, 0.05) is 17.8 Å². The fourth-order valence-corrected chi connectivity index (χ4v) is 3.84. The number of aromatic nitrogens is 2. The molecule has 2 amide bonds. The number of aryl methyl sites for hydroxylation is 3. The number of nitrogens with zero attached hydrogens (tertiary/aromatic N) is 3. The van der Waals surface area contributed by atoms with Gasteiger partial charge in [0.2, 0.25) is 5.82 Å². The second kappa shape index (κ2) is 8.22. The van der Waals surface area contributed by atoms with Gasteiger partial charge >= 0.3 is 6.03 Å². The van der Waals surface area contributed by atoms with Gasteiger partial charge in [-0.1, -0.05) is 53.2 Å². The first kappa shape index (κ1) is 20.6. The number of nitrogens with one attached hydrogen (secondary N) is 1. The van der Waals surface area contributed by atoms with E-state index in [9.17, 15) is 4.79 Å². The van der Waals surface area contributed by atoms with Crippen LogP contribution in [0, 0.1) is 20.8 Å². The van der Waals surface area contributed by atoms with Gasteiger partial charge in [-0.15, -0.1) is 6.58 Å². The third kappa shape index (κ3) is 3.89. The van der Waals surface area contributed by atoms with Crippen molar-refractivity contribution in [1.82, 2.24) is 20.4 Å². The maximum absolute atomic E-state index is 12.8. The van der Waals surface area contributed by atoms with Gasteiger partial charge in [-0.05, 0) is 50.5 Å². The molecule has 0 radical (unpaired) electrons. The van der Waals surface area contributed by atoms with Crippen molar-refractivity contribution in [3.05, 3.63) is 89.0 Å². The van der Waals surface area contributed by atoms with E-state index < -0.39 is 6.04 Å². The summed E-state index contributed by atoms with van der Waals surface area (Å²) in [7, 11) is 0. The molecular weight excluding hydrogens is 388 g/mol. The van der Waals surface area contributed by atoms with Gasteiger partial charge in [0.25, 0.3) is 5.89 Å². The summed E-state index contributed by atoms with van der Waals surface area (Å²) in [5.74, 6) is 0.913. The monoisotopic (exact) mass is 414 g/mol. The Kier molecular flexibility index (Phi) is 5.46. The maximum Gasteiger partial charge on any atom is 0.322 e. The Morgan fingerprint density at radius 2 is 1.94 bits per heavy atom. The van der Waals surface area contributed by atoms with Crippen molar-refractivity contribution < 1.29 is 9.32 Å². The third-order valence-electron chi connectivity index (χ3n) is 5.70. The topological polar surface area (TPSA) is 71.3 Å². The maximum atomic E-state index is 12.8. The summed E-state index contributed by atoms with van der Waals surface area (Å²) in [6.45, 7) is 12.2. The molecule has 0 fully saturated rings. The number of benzene rings is 2. The van der Waals surface area contributed by atoms with Gasteiger partial charge in [-0.3, -0.25) is 4.90 Å². The third-order valence-corrected chi connectivity index (χ3v) is 5.70. The van der Waals surface area contributed by atoms with E-state index in [0.717, 1.165) is 33.5 Å². The van der Waals surface area contributed by atoms with E-state index in [0.29, 0.717) is 18.3 Å². The Morgan fingerprint density at radius 3 is 2.65 bits per heavy atom. The molecule has 1 aliphatic rings. The molecule has 1 N–H and O–H groups in total. The van der Waals surface area contributed by atoms with Crippen molar-refractivity contribution in [2.45, 2.75) is 33.7 Å². The van der Waals surface area contributed by atoms with Gasteiger partial charge in [0.1, 0.15) is 0 Å². The molecule has 0 spiro atoms. The Bertz CT molecular complexity index is 1190. The average molecular weight is 415 g/mol. The molecule has 1 aromatic heterocycles. The van der Waals surface area contributed by atoms with Gasteiger partial charge in [0.15, 0.2) is 0 Å². The van der Waals surface area contributed by atoms with Crippen molar-refractivity contribution >= 4 is 11.6 Å². The van der Waals surface area contributed by atoms with E-state index in [-0.39, 0.29) is 6.03 Å². The quantitative estimate of drug-likeness (QED) is 0.572. The van der Waals surface area contributed by atoms with Crippen molar-refractivity contribution in [1.29, 1.82) is 0 Å². The van der Waals surface area contributed by atoms with E-state index in [2.05, 4.69) is 43.0 Å². The van der Waals surface area contributed by atoms with Crippen LogP contribution in [-0.4, -0.2) is 27.6 Å². The Hall–Kier alpha value is -3.67. The smallest absolute Gasteiger partial charge is 0.322 e. The normalized spacial score (nSPS) is 16.5. The molecule has 0 saturated heterocycles. The molecule has 2 heterocycles. The fourth-order valence-electron chi connectivity index (χ4n) is 3.84. The zero-order valence-corrected chi connectivity index (χ0v) is 18.3. The summed E-state index contributed by atoms with van der Waals surface area (Å²) in [6.07, 6.45) is 1.70.